The number of allylic oxidation sites excluding steroid dienone is 2. The second-order valence-electron chi connectivity index (χ2n) is 8.89. The zero-order chi connectivity index (χ0) is 22.1. The molecule has 0 bridgehead atoms. The number of nitrogens with one attached hydrogen (secondary N) is 3. The first-order valence-electron chi connectivity index (χ1n) is 10.6. The highest BCUT2D eigenvalue weighted by atomic mass is 16.2. The Labute approximate surface area is 181 Å². The van der Waals surface area contributed by atoms with Crippen molar-refractivity contribution in [3.05, 3.63) is 48.3 Å². The third-order valence-electron chi connectivity index (χ3n) is 5.53. The lowest BCUT2D eigenvalue weighted by atomic mass is 9.77. The van der Waals surface area contributed by atoms with E-state index in [2.05, 4.69) is 61.1 Å². The van der Waals surface area contributed by atoms with Crippen LogP contribution in [-0.2, 0) is 0 Å². The van der Waals surface area contributed by atoms with Crippen LogP contribution in [0, 0.1) is 5.41 Å². The molecule has 0 heterocycles. The summed E-state index contributed by atoms with van der Waals surface area (Å²) in [7, 11) is 6.11. The van der Waals surface area contributed by atoms with Gasteiger partial charge in [0.05, 0.1) is 6.04 Å². The van der Waals surface area contributed by atoms with Crippen molar-refractivity contribution in [1.29, 1.82) is 0 Å². The van der Waals surface area contributed by atoms with Gasteiger partial charge in [0.1, 0.15) is 0 Å². The van der Waals surface area contributed by atoms with Crippen LogP contribution in [0.3, 0.4) is 0 Å². The van der Waals surface area contributed by atoms with E-state index in [0.29, 0.717) is 0 Å². The molecule has 7 nitrogen and oxygen atoms in total. The fourth-order valence-electron chi connectivity index (χ4n) is 3.50. The number of hydrogen-bond donors (Lipinski definition) is 4. The van der Waals surface area contributed by atoms with Gasteiger partial charge >= 0.3 is 6.03 Å². The Morgan fingerprint density at radius 3 is 2.53 bits per heavy atom. The van der Waals surface area contributed by atoms with Crippen molar-refractivity contribution in [2.75, 3.05) is 37.9 Å². The van der Waals surface area contributed by atoms with Gasteiger partial charge in [0, 0.05) is 30.3 Å². The third kappa shape index (κ3) is 7.39. The quantitative estimate of drug-likeness (QED) is 0.282. The molecular formula is C23H38N6O. The first-order valence-corrected chi connectivity index (χ1v) is 10.6. The van der Waals surface area contributed by atoms with E-state index in [1.165, 1.54) is 0 Å². The molecule has 1 unspecified atom stereocenters. The van der Waals surface area contributed by atoms with E-state index in [9.17, 15) is 4.79 Å². The molecule has 0 saturated carbocycles. The van der Waals surface area contributed by atoms with Crippen molar-refractivity contribution in [3.8, 4) is 0 Å². The highest BCUT2D eigenvalue weighted by Gasteiger charge is 2.30. The van der Waals surface area contributed by atoms with Crippen molar-refractivity contribution < 1.29 is 4.79 Å². The van der Waals surface area contributed by atoms with Crippen LogP contribution in [0.1, 0.15) is 39.5 Å². The lowest BCUT2D eigenvalue weighted by Gasteiger charge is -2.35. The Hall–Kier alpha value is -2.51. The molecule has 30 heavy (non-hydrogen) atoms. The van der Waals surface area contributed by atoms with E-state index < -0.39 is 0 Å². The van der Waals surface area contributed by atoms with Crippen LogP contribution in [0.4, 0.5) is 16.2 Å². The molecule has 5 N–H and O–H groups in total. The van der Waals surface area contributed by atoms with Gasteiger partial charge in [0.15, 0.2) is 0 Å². The summed E-state index contributed by atoms with van der Waals surface area (Å²) in [5, 5.41) is 6.00. The van der Waals surface area contributed by atoms with Crippen molar-refractivity contribution >= 4 is 17.4 Å². The molecule has 0 saturated heterocycles. The Bertz CT molecular complexity index is 739. The summed E-state index contributed by atoms with van der Waals surface area (Å²) in [5.41, 5.74) is 5.60. The molecule has 2 rings (SSSR count). The van der Waals surface area contributed by atoms with Crippen LogP contribution < -0.4 is 26.8 Å². The molecule has 1 aliphatic rings. The average Bonchev–Trinajstić information content (AvgIpc) is 2.69. The molecule has 166 valence electrons. The Balaban J connectivity index is 1.91. The number of rotatable bonds is 9. The Morgan fingerprint density at radius 2 is 1.93 bits per heavy atom. The van der Waals surface area contributed by atoms with Crippen molar-refractivity contribution in [2.45, 2.75) is 45.6 Å². The molecule has 0 radical (unpaired) electrons. The predicted molar refractivity (Wildman–Crippen MR) is 126 cm³/mol. The van der Waals surface area contributed by atoms with E-state index in [1.54, 1.807) is 0 Å². The molecule has 1 atom stereocenters. The van der Waals surface area contributed by atoms with Crippen LogP contribution in [-0.4, -0.2) is 44.7 Å². The number of carbonyl (C=O) groups is 1. The molecule has 1 aromatic rings. The number of anilines is 2. The SMILES string of the molecule is CN(C)CCC/C(=C/N(C)c1ccc(NC(=O)NC2C=CCCC2(C)C)cc1)NN. The predicted octanol–water partition coefficient (Wildman–Crippen LogP) is 3.64. The fraction of sp³-hybridized carbons (Fsp3) is 0.522. The summed E-state index contributed by atoms with van der Waals surface area (Å²) < 4.78 is 0. The molecule has 0 spiro atoms. The molecule has 1 aromatic carbocycles. The van der Waals surface area contributed by atoms with Crippen LogP contribution in [0.2, 0.25) is 0 Å². The largest absolute Gasteiger partial charge is 0.349 e. The zero-order valence-corrected chi connectivity index (χ0v) is 19.0. The zero-order valence-electron chi connectivity index (χ0n) is 19.0. The summed E-state index contributed by atoms with van der Waals surface area (Å²) in [6, 6.07) is 7.62. The van der Waals surface area contributed by atoms with E-state index in [0.717, 1.165) is 49.3 Å². The highest BCUT2D eigenvalue weighted by molar-refractivity contribution is 5.89. The second kappa shape index (κ2) is 11.0. The molecular weight excluding hydrogens is 376 g/mol. The number of nitrogens with zero attached hydrogens (tertiary/aromatic N) is 2. The van der Waals surface area contributed by atoms with Gasteiger partial charge in [-0.2, -0.15) is 0 Å². The molecule has 0 aromatic heterocycles. The molecule has 1 aliphatic carbocycles. The summed E-state index contributed by atoms with van der Waals surface area (Å²) in [4.78, 5) is 16.6. The normalized spacial score (nSPS) is 18.2. The average molecular weight is 415 g/mol. The Morgan fingerprint density at radius 1 is 1.23 bits per heavy atom. The third-order valence-corrected chi connectivity index (χ3v) is 5.53. The van der Waals surface area contributed by atoms with Crippen molar-refractivity contribution in [2.24, 2.45) is 11.3 Å². The number of amides is 2. The van der Waals surface area contributed by atoms with Crippen LogP contribution in [0.25, 0.3) is 0 Å². The lowest BCUT2D eigenvalue weighted by molar-refractivity contribution is 0.225. The second-order valence-corrected chi connectivity index (χ2v) is 8.89. The van der Waals surface area contributed by atoms with Crippen molar-refractivity contribution in [1.82, 2.24) is 15.6 Å². The summed E-state index contributed by atoms with van der Waals surface area (Å²) >= 11 is 0. The number of urea groups is 1. The van der Waals surface area contributed by atoms with E-state index in [4.69, 9.17) is 5.84 Å². The number of benzene rings is 1. The van der Waals surface area contributed by atoms with Gasteiger partial charge in [-0.3, -0.25) is 5.84 Å². The van der Waals surface area contributed by atoms with Crippen LogP contribution in [0.15, 0.2) is 48.3 Å². The summed E-state index contributed by atoms with van der Waals surface area (Å²) in [5.74, 6) is 5.67. The maximum Gasteiger partial charge on any atom is 0.319 e. The minimum atomic E-state index is -0.184. The maximum absolute atomic E-state index is 12.4. The fourth-order valence-corrected chi connectivity index (χ4v) is 3.50. The van der Waals surface area contributed by atoms with E-state index in [-0.39, 0.29) is 17.5 Å². The number of carbonyl (C=O) groups excluding carboxylic acids is 1. The standard InChI is InChI=1S/C23H38N6O/c1-23(2)15-7-6-10-21(23)26-22(30)25-18-11-13-20(14-12-18)29(5)17-19(27-24)9-8-16-28(3)4/h6,10-14,17,21,27H,7-9,15-16,24H2,1-5H3,(H2,25,26,30)/b19-17-. The van der Waals surface area contributed by atoms with Gasteiger partial charge < -0.3 is 25.9 Å². The maximum atomic E-state index is 12.4. The Kier molecular flexibility index (Phi) is 8.74. The van der Waals surface area contributed by atoms with Gasteiger partial charge in [-0.1, -0.05) is 26.0 Å². The smallest absolute Gasteiger partial charge is 0.319 e. The number of hydrazine groups is 1. The minimum Gasteiger partial charge on any atom is -0.349 e. The highest BCUT2D eigenvalue weighted by Crippen LogP contribution is 2.31. The molecule has 2 amide bonds. The van der Waals surface area contributed by atoms with Gasteiger partial charge in [0.2, 0.25) is 0 Å². The lowest BCUT2D eigenvalue weighted by Crippen LogP contribution is -2.46. The molecule has 0 aliphatic heterocycles. The summed E-state index contributed by atoms with van der Waals surface area (Å²) in [6.07, 6.45) is 10.3. The van der Waals surface area contributed by atoms with E-state index in [1.807, 2.05) is 42.4 Å². The van der Waals surface area contributed by atoms with Gasteiger partial charge in [-0.05, 0) is 76.0 Å². The topological polar surface area (TPSA) is 85.7 Å². The number of hydrogen-bond acceptors (Lipinski definition) is 5. The van der Waals surface area contributed by atoms with Gasteiger partial charge in [0.25, 0.3) is 0 Å². The monoisotopic (exact) mass is 414 g/mol. The molecule has 0 fully saturated rings. The van der Waals surface area contributed by atoms with Crippen molar-refractivity contribution in [3.63, 3.8) is 0 Å². The minimum absolute atomic E-state index is 0.0384. The van der Waals surface area contributed by atoms with Crippen LogP contribution in [0.5, 0.6) is 0 Å². The number of nitrogens with two attached hydrogens (primary N) is 1. The van der Waals surface area contributed by atoms with Crippen LogP contribution >= 0.6 is 0 Å². The summed E-state index contributed by atoms with van der Waals surface area (Å²) in [6.45, 7) is 5.38. The molecule has 7 heteroatoms. The van der Waals surface area contributed by atoms with Gasteiger partial charge in [-0.15, -0.1) is 0 Å². The first-order chi connectivity index (χ1) is 14.2. The first kappa shape index (κ1) is 23.8. The van der Waals surface area contributed by atoms with E-state index >= 15 is 0 Å². The van der Waals surface area contributed by atoms with Gasteiger partial charge in [-0.25, -0.2) is 4.79 Å².